The van der Waals surface area contributed by atoms with Crippen molar-refractivity contribution in [1.82, 2.24) is 0 Å². The van der Waals surface area contributed by atoms with Crippen molar-refractivity contribution in [3.8, 4) is 0 Å². The number of hydrogen-bond acceptors (Lipinski definition) is 5. The van der Waals surface area contributed by atoms with Gasteiger partial charge in [-0.15, -0.1) is 0 Å². The molecule has 5 heteroatoms. The van der Waals surface area contributed by atoms with Gasteiger partial charge in [0.25, 0.3) is 0 Å². The van der Waals surface area contributed by atoms with Gasteiger partial charge in [0.1, 0.15) is 5.78 Å². The molecule has 6 rings (SSSR count). The van der Waals surface area contributed by atoms with Crippen molar-refractivity contribution in [3.63, 3.8) is 0 Å². The van der Waals surface area contributed by atoms with E-state index in [9.17, 15) is 4.79 Å². The summed E-state index contributed by atoms with van der Waals surface area (Å²) < 4.78 is 26.1. The highest BCUT2D eigenvalue weighted by atomic mass is 16.8. The molecule has 0 bridgehead atoms. The van der Waals surface area contributed by atoms with E-state index in [-0.39, 0.29) is 41.2 Å². The maximum Gasteiger partial charge on any atom is 0.163 e. The zero-order valence-corrected chi connectivity index (χ0v) is 27.1. The van der Waals surface area contributed by atoms with Gasteiger partial charge in [-0.2, -0.15) is 0 Å². The molecule has 4 aliphatic carbocycles. The number of hydrogen-bond donors (Lipinski definition) is 0. The summed E-state index contributed by atoms with van der Waals surface area (Å²) in [7, 11) is 0. The van der Waals surface area contributed by atoms with Crippen LogP contribution in [0.15, 0.2) is 0 Å². The number of carbonyl (C=O) groups excluding carboxylic acids is 1. The number of rotatable bonds is 5. The number of ether oxygens (including phenoxy) is 4. The third-order valence-electron chi connectivity index (χ3n) is 13.4. The molecule has 0 amide bonds. The van der Waals surface area contributed by atoms with E-state index >= 15 is 0 Å². The molecule has 4 saturated carbocycles. The van der Waals surface area contributed by atoms with Crippen molar-refractivity contribution >= 4 is 5.78 Å². The molecule has 228 valence electrons. The van der Waals surface area contributed by atoms with Gasteiger partial charge in [0.15, 0.2) is 11.6 Å². The second-order valence-corrected chi connectivity index (χ2v) is 16.7. The van der Waals surface area contributed by atoms with E-state index in [1.807, 2.05) is 13.8 Å². The molecule has 0 aromatic carbocycles. The van der Waals surface area contributed by atoms with Crippen LogP contribution in [-0.2, 0) is 23.7 Å². The Kier molecular flexibility index (Phi) is 7.22. The molecule has 40 heavy (non-hydrogen) atoms. The summed E-state index contributed by atoms with van der Waals surface area (Å²) in [4.78, 5) is 13.9. The Morgan fingerprint density at radius 1 is 0.800 bits per heavy atom. The van der Waals surface area contributed by atoms with Crippen molar-refractivity contribution < 1.29 is 23.7 Å². The average Bonchev–Trinajstić information content (AvgIpc) is 3.46. The van der Waals surface area contributed by atoms with Crippen LogP contribution in [0.4, 0.5) is 0 Å². The largest absolute Gasteiger partial charge is 0.345 e. The fourth-order valence-electron chi connectivity index (χ4n) is 11.8. The highest BCUT2D eigenvalue weighted by molar-refractivity contribution is 5.83. The second kappa shape index (κ2) is 9.76. The Labute approximate surface area is 244 Å². The summed E-state index contributed by atoms with van der Waals surface area (Å²) in [6.45, 7) is 22.7. The first kappa shape index (κ1) is 29.6. The van der Waals surface area contributed by atoms with E-state index in [0.29, 0.717) is 47.2 Å². The number of carbonyl (C=O) groups is 1. The average molecular weight is 559 g/mol. The summed E-state index contributed by atoms with van der Waals surface area (Å²) in [6.07, 6.45) is 9.21. The SMILES string of the molecule is CCC(C(C)C)C1OC(C)(C)OC1C(C)C1CCC2C3CC(=O)C4CC5OC(C)(C)OC5CC4(C)C3CCC12C. The molecule has 13 unspecified atom stereocenters. The molecule has 2 saturated heterocycles. The number of fused-ring (bicyclic) bond motifs is 6. The van der Waals surface area contributed by atoms with E-state index in [4.69, 9.17) is 18.9 Å². The van der Waals surface area contributed by atoms with Crippen LogP contribution in [0.1, 0.15) is 121 Å². The highest BCUT2D eigenvalue weighted by Crippen LogP contribution is 2.69. The van der Waals surface area contributed by atoms with Crippen LogP contribution >= 0.6 is 0 Å². The molecule has 0 radical (unpaired) electrons. The van der Waals surface area contributed by atoms with Crippen LogP contribution in [0, 0.1) is 58.2 Å². The Bertz CT molecular complexity index is 988. The minimum Gasteiger partial charge on any atom is -0.345 e. The number of ketones is 1. The van der Waals surface area contributed by atoms with E-state index in [0.717, 1.165) is 25.7 Å². The van der Waals surface area contributed by atoms with Crippen LogP contribution in [-0.4, -0.2) is 41.8 Å². The molecular formula is C35H58O5. The summed E-state index contributed by atoms with van der Waals surface area (Å²) >= 11 is 0. The van der Waals surface area contributed by atoms with Gasteiger partial charge >= 0.3 is 0 Å². The lowest BCUT2D eigenvalue weighted by atomic mass is 9.44. The molecule has 2 aliphatic heterocycles. The van der Waals surface area contributed by atoms with Crippen LogP contribution in [0.3, 0.4) is 0 Å². The first-order valence-corrected chi connectivity index (χ1v) is 16.8. The Morgan fingerprint density at radius 3 is 2.10 bits per heavy atom. The molecule has 5 nitrogen and oxygen atoms in total. The zero-order chi connectivity index (χ0) is 29.0. The summed E-state index contributed by atoms with van der Waals surface area (Å²) in [5.41, 5.74) is 0.287. The van der Waals surface area contributed by atoms with Crippen molar-refractivity contribution in [2.45, 2.75) is 157 Å². The van der Waals surface area contributed by atoms with Crippen LogP contribution in [0.5, 0.6) is 0 Å². The lowest BCUT2D eigenvalue weighted by molar-refractivity contribution is -0.168. The standard InChI is InChI=1S/C35H58O5/c1-11-21(19(2)3)31-30(39-33(7,8)40-31)20(4)23-12-13-24-22-16-27(36)26-17-28-29(38-32(5,6)37-28)18-35(26,10)25(22)14-15-34(23,24)9/h19-26,28-31H,11-18H2,1-10H3. The molecular weight excluding hydrogens is 500 g/mol. The zero-order valence-electron chi connectivity index (χ0n) is 27.1. The third-order valence-corrected chi connectivity index (χ3v) is 13.4. The number of Topliss-reactive ketones (excluding diaryl/α,β-unsaturated/α-hetero) is 1. The highest BCUT2D eigenvalue weighted by Gasteiger charge is 2.66. The van der Waals surface area contributed by atoms with Crippen LogP contribution in [0.25, 0.3) is 0 Å². The maximum absolute atomic E-state index is 13.9. The summed E-state index contributed by atoms with van der Waals surface area (Å²) in [6, 6.07) is 0. The first-order chi connectivity index (χ1) is 18.6. The van der Waals surface area contributed by atoms with E-state index in [2.05, 4.69) is 55.4 Å². The predicted octanol–water partition coefficient (Wildman–Crippen LogP) is 7.79. The third kappa shape index (κ3) is 4.49. The Morgan fingerprint density at radius 2 is 1.43 bits per heavy atom. The monoisotopic (exact) mass is 558 g/mol. The van der Waals surface area contributed by atoms with Gasteiger partial charge < -0.3 is 18.9 Å². The van der Waals surface area contributed by atoms with Crippen molar-refractivity contribution in [2.24, 2.45) is 58.2 Å². The fourth-order valence-corrected chi connectivity index (χ4v) is 11.8. The molecule has 0 spiro atoms. The normalized spacial score (nSPS) is 50.7. The fraction of sp³-hybridized carbons (Fsp3) is 0.971. The van der Waals surface area contributed by atoms with Gasteiger partial charge in [0, 0.05) is 12.3 Å². The van der Waals surface area contributed by atoms with Gasteiger partial charge in [-0.1, -0.05) is 48.0 Å². The van der Waals surface area contributed by atoms with E-state index in [1.54, 1.807) is 0 Å². The van der Waals surface area contributed by atoms with Crippen LogP contribution < -0.4 is 0 Å². The maximum atomic E-state index is 13.9. The summed E-state index contributed by atoms with van der Waals surface area (Å²) in [5.74, 6) is 3.43. The molecule has 0 aromatic rings. The van der Waals surface area contributed by atoms with Gasteiger partial charge in [-0.05, 0) is 118 Å². The minimum atomic E-state index is -0.535. The Hall–Kier alpha value is -0.490. The Balaban J connectivity index is 1.24. The minimum absolute atomic E-state index is 0.0269. The summed E-state index contributed by atoms with van der Waals surface area (Å²) in [5, 5.41) is 0. The van der Waals surface area contributed by atoms with Crippen molar-refractivity contribution in [3.05, 3.63) is 0 Å². The van der Waals surface area contributed by atoms with Crippen LogP contribution in [0.2, 0.25) is 0 Å². The predicted molar refractivity (Wildman–Crippen MR) is 156 cm³/mol. The van der Waals surface area contributed by atoms with E-state index < -0.39 is 11.6 Å². The first-order valence-electron chi connectivity index (χ1n) is 16.8. The molecule has 0 aromatic heterocycles. The molecule has 13 atom stereocenters. The van der Waals surface area contributed by atoms with Crippen molar-refractivity contribution in [1.29, 1.82) is 0 Å². The van der Waals surface area contributed by atoms with Gasteiger partial charge in [-0.25, -0.2) is 0 Å². The smallest absolute Gasteiger partial charge is 0.163 e. The molecule has 0 N–H and O–H groups in total. The molecule has 6 fully saturated rings. The van der Waals surface area contributed by atoms with E-state index in [1.165, 1.54) is 25.7 Å². The van der Waals surface area contributed by atoms with Crippen molar-refractivity contribution in [2.75, 3.05) is 0 Å². The van der Waals surface area contributed by atoms with Gasteiger partial charge in [-0.3, -0.25) is 4.79 Å². The second-order valence-electron chi connectivity index (χ2n) is 16.7. The lowest BCUT2D eigenvalue weighted by Gasteiger charge is -2.61. The molecule has 2 heterocycles. The van der Waals surface area contributed by atoms with Gasteiger partial charge in [0.2, 0.25) is 0 Å². The lowest BCUT2D eigenvalue weighted by Crippen LogP contribution is -2.59. The topological polar surface area (TPSA) is 54.0 Å². The quantitative estimate of drug-likeness (QED) is 0.345. The van der Waals surface area contributed by atoms with Gasteiger partial charge in [0.05, 0.1) is 24.4 Å². The molecule has 6 aliphatic rings.